The fourth-order valence-corrected chi connectivity index (χ4v) is 4.06. The first-order valence-corrected chi connectivity index (χ1v) is 11.9. The molecular formula is C29H23N3O5. The van der Waals surface area contributed by atoms with Crippen LogP contribution in [0, 0.1) is 6.57 Å². The number of fused-ring (bicyclic) bond motifs is 2. The molecule has 0 fully saturated rings. The standard InChI is InChI=1S/C29H23N3O5/c1-3-12-35-27-17-24-22(16-25(27)30-2)26(10-11-31-24)36-21-7-4-18(5-8-21)13-20(33)14-19-6-9-23-28(15-19)37-29(34)32-23/h4-11,15-17H,3,12-14H2,1H3,(H,32,34). The monoisotopic (exact) mass is 493 g/mol. The smallest absolute Gasteiger partial charge is 0.417 e. The molecule has 5 aromatic rings. The largest absolute Gasteiger partial charge is 0.505 e. The van der Waals surface area contributed by atoms with Crippen LogP contribution >= 0.6 is 0 Å². The number of carbonyl (C=O) groups excluding carboxylic acids is 1. The SMILES string of the molecule is [C-]#[N+]c1cc2c(Oc3ccc(CC(=O)Cc4ccc5[nH]c(=O)oc5c4)cc3)ccnc2cc1OCCC. The lowest BCUT2D eigenvalue weighted by atomic mass is 10.0. The van der Waals surface area contributed by atoms with Gasteiger partial charge in [-0.3, -0.25) is 14.8 Å². The van der Waals surface area contributed by atoms with Crippen LogP contribution in [0.4, 0.5) is 5.69 Å². The summed E-state index contributed by atoms with van der Waals surface area (Å²) in [4.78, 5) is 34.5. The Morgan fingerprint density at radius 2 is 1.81 bits per heavy atom. The van der Waals surface area contributed by atoms with Crippen LogP contribution in [-0.4, -0.2) is 22.4 Å². The van der Waals surface area contributed by atoms with E-state index in [1.54, 1.807) is 42.6 Å². The number of pyridine rings is 1. The van der Waals surface area contributed by atoms with Crippen LogP contribution in [0.5, 0.6) is 17.2 Å². The van der Waals surface area contributed by atoms with Crippen molar-refractivity contribution in [1.29, 1.82) is 0 Å². The molecule has 0 radical (unpaired) electrons. The predicted octanol–water partition coefficient (Wildman–Crippen LogP) is 6.16. The number of nitrogens with one attached hydrogen (secondary N) is 1. The number of ketones is 1. The van der Waals surface area contributed by atoms with Gasteiger partial charge in [0, 0.05) is 24.4 Å². The minimum Gasteiger partial charge on any atom is -0.505 e. The highest BCUT2D eigenvalue weighted by Crippen LogP contribution is 2.37. The number of benzene rings is 3. The summed E-state index contributed by atoms with van der Waals surface area (Å²) < 4.78 is 16.9. The van der Waals surface area contributed by atoms with Crippen molar-refractivity contribution in [2.45, 2.75) is 26.2 Å². The zero-order chi connectivity index (χ0) is 25.8. The fourth-order valence-electron chi connectivity index (χ4n) is 4.06. The van der Waals surface area contributed by atoms with Gasteiger partial charge in [-0.15, -0.1) is 0 Å². The van der Waals surface area contributed by atoms with Crippen molar-refractivity contribution >= 4 is 33.5 Å². The lowest BCUT2D eigenvalue weighted by Gasteiger charge is -2.12. The van der Waals surface area contributed by atoms with Gasteiger partial charge in [0.2, 0.25) is 5.69 Å². The van der Waals surface area contributed by atoms with Crippen LogP contribution in [-0.2, 0) is 17.6 Å². The Hall–Kier alpha value is -4.90. The van der Waals surface area contributed by atoms with Crippen LogP contribution in [0.2, 0.25) is 0 Å². The van der Waals surface area contributed by atoms with Gasteiger partial charge in [-0.1, -0.05) is 25.1 Å². The van der Waals surface area contributed by atoms with E-state index in [1.807, 2.05) is 31.2 Å². The number of rotatable bonds is 9. The molecule has 0 saturated carbocycles. The van der Waals surface area contributed by atoms with E-state index in [0.29, 0.717) is 51.5 Å². The maximum absolute atomic E-state index is 12.6. The molecule has 2 aromatic heterocycles. The normalized spacial score (nSPS) is 10.9. The van der Waals surface area contributed by atoms with E-state index in [0.717, 1.165) is 17.5 Å². The number of ether oxygens (including phenoxy) is 2. The van der Waals surface area contributed by atoms with E-state index in [4.69, 9.17) is 20.5 Å². The summed E-state index contributed by atoms with van der Waals surface area (Å²) in [6.07, 6.45) is 3.00. The second kappa shape index (κ2) is 10.4. The van der Waals surface area contributed by atoms with Crippen molar-refractivity contribution in [3.8, 4) is 17.2 Å². The Bertz CT molecular complexity index is 1690. The van der Waals surface area contributed by atoms with Gasteiger partial charge in [0.1, 0.15) is 23.0 Å². The van der Waals surface area contributed by atoms with E-state index in [9.17, 15) is 9.59 Å². The van der Waals surface area contributed by atoms with Gasteiger partial charge in [-0.25, -0.2) is 9.64 Å². The van der Waals surface area contributed by atoms with Crippen molar-refractivity contribution in [3.63, 3.8) is 0 Å². The third-order valence-corrected chi connectivity index (χ3v) is 5.80. The summed E-state index contributed by atoms with van der Waals surface area (Å²) in [5.41, 5.74) is 3.77. The molecule has 1 N–H and O–H groups in total. The van der Waals surface area contributed by atoms with E-state index >= 15 is 0 Å². The molecule has 0 atom stereocenters. The molecule has 8 nitrogen and oxygen atoms in total. The highest BCUT2D eigenvalue weighted by atomic mass is 16.5. The predicted molar refractivity (Wildman–Crippen MR) is 140 cm³/mol. The van der Waals surface area contributed by atoms with Gasteiger partial charge in [0.15, 0.2) is 5.58 Å². The van der Waals surface area contributed by atoms with Gasteiger partial charge in [0.25, 0.3) is 0 Å². The van der Waals surface area contributed by atoms with Gasteiger partial charge in [-0.05, 0) is 60.0 Å². The molecule has 0 amide bonds. The topological polar surface area (TPSA) is 98.8 Å². The molecule has 0 aliphatic heterocycles. The number of hydrogen-bond acceptors (Lipinski definition) is 6. The molecule has 3 aromatic carbocycles. The molecule has 0 aliphatic rings. The van der Waals surface area contributed by atoms with Crippen molar-refractivity contribution in [3.05, 3.63) is 100.0 Å². The van der Waals surface area contributed by atoms with E-state index in [1.165, 1.54) is 0 Å². The quantitative estimate of drug-likeness (QED) is 0.247. The van der Waals surface area contributed by atoms with Crippen molar-refractivity contribution < 1.29 is 18.7 Å². The third-order valence-electron chi connectivity index (χ3n) is 5.80. The maximum atomic E-state index is 12.6. The molecule has 0 bridgehead atoms. The zero-order valence-corrected chi connectivity index (χ0v) is 20.1. The number of Topliss-reactive ketones (excluding diaryl/α,β-unsaturated/α-hetero) is 1. The van der Waals surface area contributed by atoms with Crippen LogP contribution in [0.3, 0.4) is 0 Å². The Kier molecular flexibility index (Phi) is 6.68. The summed E-state index contributed by atoms with van der Waals surface area (Å²) in [7, 11) is 0. The van der Waals surface area contributed by atoms with Gasteiger partial charge in [-0.2, -0.15) is 0 Å². The summed E-state index contributed by atoms with van der Waals surface area (Å²) >= 11 is 0. The van der Waals surface area contributed by atoms with Gasteiger partial charge < -0.3 is 13.9 Å². The van der Waals surface area contributed by atoms with E-state index in [2.05, 4.69) is 14.8 Å². The highest BCUT2D eigenvalue weighted by Gasteiger charge is 2.12. The Labute approximate surface area is 212 Å². The van der Waals surface area contributed by atoms with Gasteiger partial charge >= 0.3 is 5.76 Å². The zero-order valence-electron chi connectivity index (χ0n) is 20.1. The number of oxazole rings is 1. The van der Waals surface area contributed by atoms with E-state index < -0.39 is 5.76 Å². The summed E-state index contributed by atoms with van der Waals surface area (Å²) in [6, 6.07) is 17.8. The van der Waals surface area contributed by atoms with Crippen LogP contribution in [0.1, 0.15) is 24.5 Å². The number of nitrogens with zero attached hydrogens (tertiary/aromatic N) is 2. The Morgan fingerprint density at radius 1 is 1.03 bits per heavy atom. The average molecular weight is 494 g/mol. The average Bonchev–Trinajstić information content (AvgIpc) is 3.27. The molecule has 2 heterocycles. The molecule has 0 spiro atoms. The summed E-state index contributed by atoms with van der Waals surface area (Å²) in [5, 5.41) is 0.715. The first kappa shape index (κ1) is 23.8. The molecule has 0 aliphatic carbocycles. The van der Waals surface area contributed by atoms with Crippen molar-refractivity contribution in [2.24, 2.45) is 0 Å². The molecule has 37 heavy (non-hydrogen) atoms. The third kappa shape index (κ3) is 5.36. The first-order valence-electron chi connectivity index (χ1n) is 11.9. The van der Waals surface area contributed by atoms with Crippen LogP contribution in [0.15, 0.2) is 76.1 Å². The second-order valence-electron chi connectivity index (χ2n) is 8.59. The Balaban J connectivity index is 1.28. The number of hydrogen-bond donors (Lipinski definition) is 1. The molecule has 0 saturated heterocycles. The lowest BCUT2D eigenvalue weighted by Crippen LogP contribution is -2.06. The molecule has 8 heteroatoms. The number of H-pyrrole nitrogens is 1. The van der Waals surface area contributed by atoms with Crippen molar-refractivity contribution in [2.75, 3.05) is 6.61 Å². The fraction of sp³-hybridized carbons (Fsp3) is 0.172. The molecule has 5 rings (SSSR count). The highest BCUT2D eigenvalue weighted by molar-refractivity contribution is 5.91. The Morgan fingerprint density at radius 3 is 2.59 bits per heavy atom. The number of aromatic nitrogens is 2. The van der Waals surface area contributed by atoms with Crippen LogP contribution < -0.4 is 15.2 Å². The number of carbonyl (C=O) groups is 1. The number of aromatic amines is 1. The second-order valence-corrected chi connectivity index (χ2v) is 8.59. The summed E-state index contributed by atoms with van der Waals surface area (Å²) in [6.45, 7) is 10.0. The minimum atomic E-state index is -0.516. The lowest BCUT2D eigenvalue weighted by molar-refractivity contribution is -0.117. The van der Waals surface area contributed by atoms with Crippen molar-refractivity contribution in [1.82, 2.24) is 9.97 Å². The van der Waals surface area contributed by atoms with Gasteiger partial charge in [0.05, 0.1) is 24.2 Å². The maximum Gasteiger partial charge on any atom is 0.417 e. The van der Waals surface area contributed by atoms with Crippen LogP contribution in [0.25, 0.3) is 26.8 Å². The molecule has 184 valence electrons. The molecular weight excluding hydrogens is 470 g/mol. The minimum absolute atomic E-state index is 0.0406. The summed E-state index contributed by atoms with van der Waals surface area (Å²) in [5.74, 6) is 1.22. The van der Waals surface area contributed by atoms with E-state index in [-0.39, 0.29) is 18.6 Å². The first-order chi connectivity index (χ1) is 18.0. The molecule has 0 unspecified atom stereocenters.